The predicted octanol–water partition coefficient (Wildman–Crippen LogP) is 5.57. The number of amides is 1. The highest BCUT2D eigenvalue weighted by Crippen LogP contribution is 2.42. The second-order valence-corrected chi connectivity index (χ2v) is 8.66. The van der Waals surface area contributed by atoms with Crippen molar-refractivity contribution in [3.8, 4) is 5.75 Å². The third-order valence-corrected chi connectivity index (χ3v) is 6.13. The Morgan fingerprint density at radius 1 is 1.04 bits per heavy atom. The van der Waals surface area contributed by atoms with Gasteiger partial charge in [0.2, 0.25) is 5.91 Å². The number of rotatable bonds is 6. The van der Waals surface area contributed by atoms with Crippen LogP contribution in [0.1, 0.15) is 41.5 Å². The predicted molar refractivity (Wildman–Crippen MR) is 115 cm³/mol. The van der Waals surface area contributed by atoms with E-state index in [1.165, 1.54) is 11.3 Å². The summed E-state index contributed by atoms with van der Waals surface area (Å²) in [6.45, 7) is 7.93. The van der Waals surface area contributed by atoms with Gasteiger partial charge in [-0.25, -0.2) is 4.98 Å². The fraction of sp³-hybridized carbons (Fsp3) is 0.304. The van der Waals surface area contributed by atoms with E-state index >= 15 is 0 Å². The first-order chi connectivity index (χ1) is 13.3. The van der Waals surface area contributed by atoms with Crippen LogP contribution in [-0.4, -0.2) is 18.0 Å². The molecule has 1 amide bonds. The number of anilines is 1. The Morgan fingerprint density at radius 2 is 1.64 bits per heavy atom. The van der Waals surface area contributed by atoms with Crippen LogP contribution in [0.5, 0.6) is 5.75 Å². The Bertz CT molecular complexity index is 927. The fourth-order valence-corrected chi connectivity index (χ4v) is 4.19. The largest absolute Gasteiger partial charge is 0.497 e. The van der Waals surface area contributed by atoms with Crippen LogP contribution in [0.4, 0.5) is 5.13 Å². The van der Waals surface area contributed by atoms with E-state index < -0.39 is 5.41 Å². The molecular weight excluding hydrogens is 368 g/mol. The van der Waals surface area contributed by atoms with Crippen molar-refractivity contribution >= 4 is 22.4 Å². The summed E-state index contributed by atoms with van der Waals surface area (Å²) < 4.78 is 5.29. The average molecular weight is 395 g/mol. The van der Waals surface area contributed by atoms with Crippen LogP contribution in [0, 0.1) is 19.3 Å². The SMILES string of the molecule is COc1ccc(C(c2ccccc2)C(C)(C)C(=O)Nc2nc(C)c(C)s2)cc1. The second-order valence-electron chi connectivity index (χ2n) is 7.45. The van der Waals surface area contributed by atoms with E-state index in [1.54, 1.807) is 7.11 Å². The number of thiazole rings is 1. The first-order valence-corrected chi connectivity index (χ1v) is 10.1. The zero-order chi connectivity index (χ0) is 20.3. The Kier molecular flexibility index (Phi) is 5.84. The maximum Gasteiger partial charge on any atom is 0.232 e. The summed E-state index contributed by atoms with van der Waals surface area (Å²) in [6, 6.07) is 18.1. The summed E-state index contributed by atoms with van der Waals surface area (Å²) >= 11 is 1.51. The minimum atomic E-state index is -0.691. The van der Waals surface area contributed by atoms with Crippen LogP contribution in [0.15, 0.2) is 54.6 Å². The molecule has 28 heavy (non-hydrogen) atoms. The number of carbonyl (C=O) groups excluding carboxylic acids is 1. The molecule has 3 aromatic rings. The first-order valence-electron chi connectivity index (χ1n) is 9.27. The smallest absolute Gasteiger partial charge is 0.232 e. The molecule has 5 heteroatoms. The van der Waals surface area contributed by atoms with Crippen LogP contribution >= 0.6 is 11.3 Å². The Labute approximate surface area is 170 Å². The molecule has 0 saturated carbocycles. The van der Waals surface area contributed by atoms with Crippen LogP contribution in [0.25, 0.3) is 0 Å². The third-order valence-electron chi connectivity index (χ3n) is 5.14. The summed E-state index contributed by atoms with van der Waals surface area (Å²) in [5, 5.41) is 3.68. The van der Waals surface area contributed by atoms with E-state index in [9.17, 15) is 4.79 Å². The number of hydrogen-bond donors (Lipinski definition) is 1. The third kappa shape index (κ3) is 4.09. The number of aromatic nitrogens is 1. The molecule has 1 atom stereocenters. The summed E-state index contributed by atoms with van der Waals surface area (Å²) in [5.41, 5.74) is 2.43. The lowest BCUT2D eigenvalue weighted by Gasteiger charge is -2.33. The lowest BCUT2D eigenvalue weighted by Crippen LogP contribution is -2.37. The highest BCUT2D eigenvalue weighted by atomic mass is 32.1. The molecule has 146 valence electrons. The molecule has 1 heterocycles. The molecule has 0 saturated heterocycles. The number of carbonyl (C=O) groups is 1. The number of aryl methyl sites for hydroxylation is 2. The number of benzene rings is 2. The molecule has 0 aliphatic rings. The topological polar surface area (TPSA) is 51.2 Å². The van der Waals surface area contributed by atoms with Crippen molar-refractivity contribution in [3.05, 3.63) is 76.3 Å². The van der Waals surface area contributed by atoms with Crippen molar-refractivity contribution in [1.29, 1.82) is 0 Å². The number of nitrogens with one attached hydrogen (secondary N) is 1. The van der Waals surface area contributed by atoms with Gasteiger partial charge in [0.05, 0.1) is 18.2 Å². The molecule has 0 bridgehead atoms. The van der Waals surface area contributed by atoms with Crippen LogP contribution < -0.4 is 10.1 Å². The lowest BCUT2D eigenvalue weighted by atomic mass is 9.70. The van der Waals surface area contributed by atoms with Gasteiger partial charge in [0, 0.05) is 10.8 Å². The molecule has 0 aliphatic carbocycles. The maximum absolute atomic E-state index is 13.3. The van der Waals surface area contributed by atoms with Crippen molar-refractivity contribution in [2.45, 2.75) is 33.6 Å². The number of methoxy groups -OCH3 is 1. The molecule has 2 aromatic carbocycles. The summed E-state index contributed by atoms with van der Waals surface area (Å²) in [7, 11) is 1.65. The van der Waals surface area contributed by atoms with Crippen LogP contribution in [0.2, 0.25) is 0 Å². The fourth-order valence-electron chi connectivity index (χ4n) is 3.38. The van der Waals surface area contributed by atoms with Gasteiger partial charge in [-0.05, 0) is 37.1 Å². The van der Waals surface area contributed by atoms with Crippen molar-refractivity contribution in [2.75, 3.05) is 12.4 Å². The van der Waals surface area contributed by atoms with Crippen molar-refractivity contribution in [1.82, 2.24) is 4.98 Å². The zero-order valence-electron chi connectivity index (χ0n) is 16.9. The molecule has 1 unspecified atom stereocenters. The Balaban J connectivity index is 1.98. The number of ether oxygens (including phenoxy) is 1. The normalized spacial score (nSPS) is 12.5. The van der Waals surface area contributed by atoms with Gasteiger partial charge in [-0.1, -0.05) is 56.3 Å². The molecule has 0 radical (unpaired) electrons. The highest BCUT2D eigenvalue weighted by molar-refractivity contribution is 7.15. The van der Waals surface area contributed by atoms with Crippen molar-refractivity contribution < 1.29 is 9.53 Å². The van der Waals surface area contributed by atoms with E-state index in [2.05, 4.69) is 22.4 Å². The average Bonchev–Trinajstić information content (AvgIpc) is 3.00. The Morgan fingerprint density at radius 3 is 2.18 bits per heavy atom. The second kappa shape index (κ2) is 8.15. The van der Waals surface area contributed by atoms with Gasteiger partial charge < -0.3 is 10.1 Å². The van der Waals surface area contributed by atoms with Gasteiger partial charge in [-0.15, -0.1) is 11.3 Å². The van der Waals surface area contributed by atoms with E-state index in [-0.39, 0.29) is 11.8 Å². The minimum absolute atomic E-state index is 0.0501. The molecule has 4 nitrogen and oxygen atoms in total. The van der Waals surface area contributed by atoms with E-state index in [0.717, 1.165) is 27.4 Å². The lowest BCUT2D eigenvalue weighted by molar-refractivity contribution is -0.124. The molecule has 3 rings (SSSR count). The van der Waals surface area contributed by atoms with Gasteiger partial charge in [0.15, 0.2) is 5.13 Å². The van der Waals surface area contributed by atoms with Gasteiger partial charge in [-0.3, -0.25) is 4.79 Å². The van der Waals surface area contributed by atoms with Crippen molar-refractivity contribution in [2.24, 2.45) is 5.41 Å². The molecule has 1 N–H and O–H groups in total. The zero-order valence-corrected chi connectivity index (χ0v) is 17.8. The standard InChI is InChI=1S/C23H26N2O2S/c1-15-16(2)28-22(24-15)25-21(26)23(3,4)20(17-9-7-6-8-10-17)18-11-13-19(27-5)14-12-18/h6-14,20H,1-5H3,(H,24,25,26). The van der Waals surface area contributed by atoms with Crippen LogP contribution in [-0.2, 0) is 4.79 Å². The molecular formula is C23H26N2O2S. The number of nitrogens with zero attached hydrogens (tertiary/aromatic N) is 1. The molecule has 0 spiro atoms. The van der Waals surface area contributed by atoms with E-state index in [1.807, 2.05) is 70.2 Å². The maximum atomic E-state index is 13.3. The van der Waals surface area contributed by atoms with Crippen molar-refractivity contribution in [3.63, 3.8) is 0 Å². The highest BCUT2D eigenvalue weighted by Gasteiger charge is 2.39. The van der Waals surface area contributed by atoms with Gasteiger partial charge in [0.25, 0.3) is 0 Å². The monoisotopic (exact) mass is 394 g/mol. The van der Waals surface area contributed by atoms with Crippen LogP contribution in [0.3, 0.4) is 0 Å². The summed E-state index contributed by atoms with van der Waals surface area (Å²) in [5.74, 6) is 0.638. The molecule has 0 fully saturated rings. The number of hydrogen-bond acceptors (Lipinski definition) is 4. The van der Waals surface area contributed by atoms with Gasteiger partial charge in [0.1, 0.15) is 5.75 Å². The van der Waals surface area contributed by atoms with E-state index in [0.29, 0.717) is 5.13 Å². The molecule has 0 aliphatic heterocycles. The minimum Gasteiger partial charge on any atom is -0.497 e. The molecule has 1 aromatic heterocycles. The Hall–Kier alpha value is -2.66. The summed E-state index contributed by atoms with van der Waals surface area (Å²) in [6.07, 6.45) is 0. The van der Waals surface area contributed by atoms with E-state index in [4.69, 9.17) is 4.74 Å². The van der Waals surface area contributed by atoms with Gasteiger partial charge >= 0.3 is 0 Å². The quantitative estimate of drug-likeness (QED) is 0.595. The summed E-state index contributed by atoms with van der Waals surface area (Å²) in [4.78, 5) is 18.9. The first kappa shape index (κ1) is 20.1. The van der Waals surface area contributed by atoms with Gasteiger partial charge in [-0.2, -0.15) is 0 Å².